The first-order valence-corrected chi connectivity index (χ1v) is 7.83. The van der Waals surface area contributed by atoms with Gasteiger partial charge in [-0.05, 0) is 38.0 Å². The second-order valence-corrected chi connectivity index (χ2v) is 6.78. The van der Waals surface area contributed by atoms with Crippen molar-refractivity contribution in [3.63, 3.8) is 0 Å². The number of carbonyl (C=O) groups excluding carboxylic acids is 1. The van der Waals surface area contributed by atoms with Gasteiger partial charge < -0.3 is 10.0 Å². The Morgan fingerprint density at radius 3 is 2.70 bits per heavy atom. The largest absolute Gasteiger partial charge is 0.478 e. The molecule has 1 aromatic rings. The van der Waals surface area contributed by atoms with E-state index in [2.05, 4.69) is 0 Å². The van der Waals surface area contributed by atoms with Crippen LogP contribution in [0.25, 0.3) is 0 Å². The summed E-state index contributed by atoms with van der Waals surface area (Å²) in [6.45, 7) is 1.92. The Kier molecular flexibility index (Phi) is 3.46. The highest BCUT2D eigenvalue weighted by atomic mass is 32.2. The van der Waals surface area contributed by atoms with Crippen LogP contribution in [0.5, 0.6) is 0 Å². The van der Waals surface area contributed by atoms with Crippen molar-refractivity contribution in [2.24, 2.45) is 0 Å². The molecule has 1 aliphatic carbocycles. The molecular weight excluding hydrogens is 274 g/mol. The molecule has 1 atom stereocenters. The van der Waals surface area contributed by atoms with E-state index >= 15 is 0 Å². The zero-order valence-electron chi connectivity index (χ0n) is 11.3. The van der Waals surface area contributed by atoms with Crippen LogP contribution in [-0.2, 0) is 4.79 Å². The second-order valence-electron chi connectivity index (χ2n) is 5.39. The van der Waals surface area contributed by atoms with Gasteiger partial charge in [-0.25, -0.2) is 4.79 Å². The molecule has 1 amide bonds. The van der Waals surface area contributed by atoms with Crippen LogP contribution in [0.15, 0.2) is 23.1 Å². The summed E-state index contributed by atoms with van der Waals surface area (Å²) in [5.74, 6) is -0.841. The van der Waals surface area contributed by atoms with Crippen molar-refractivity contribution in [2.45, 2.75) is 48.8 Å². The zero-order valence-corrected chi connectivity index (χ0v) is 12.2. The number of benzene rings is 1. The Hall–Kier alpha value is -1.49. The number of thioether (sulfide) groups is 1. The maximum absolute atomic E-state index is 12.5. The van der Waals surface area contributed by atoms with E-state index in [0.29, 0.717) is 0 Å². The molecule has 0 saturated heterocycles. The average molecular weight is 291 g/mol. The predicted molar refractivity (Wildman–Crippen MR) is 78.5 cm³/mol. The summed E-state index contributed by atoms with van der Waals surface area (Å²) in [5.41, 5.74) is 1.03. The molecule has 5 heteroatoms. The fourth-order valence-electron chi connectivity index (χ4n) is 3.03. The number of fused-ring (bicyclic) bond motifs is 1. The molecule has 1 aromatic carbocycles. The van der Waals surface area contributed by atoms with Crippen LogP contribution in [0.4, 0.5) is 5.69 Å². The Balaban J connectivity index is 2.07. The molecule has 1 unspecified atom stereocenters. The van der Waals surface area contributed by atoms with Crippen molar-refractivity contribution < 1.29 is 14.7 Å². The predicted octanol–water partition coefficient (Wildman–Crippen LogP) is 3.15. The summed E-state index contributed by atoms with van der Waals surface area (Å²) >= 11 is 1.52. The number of nitrogens with zero attached hydrogens (tertiary/aromatic N) is 1. The van der Waals surface area contributed by atoms with Gasteiger partial charge in [-0.3, -0.25) is 4.79 Å². The maximum atomic E-state index is 12.5. The first-order valence-electron chi connectivity index (χ1n) is 6.95. The molecule has 4 nitrogen and oxygen atoms in total. The number of carboxylic acid groups (broad SMARTS) is 1. The van der Waals surface area contributed by atoms with E-state index in [0.717, 1.165) is 36.3 Å². The molecule has 2 aliphatic rings. The molecule has 3 rings (SSSR count). The minimum absolute atomic E-state index is 0.0984. The molecule has 20 heavy (non-hydrogen) atoms. The van der Waals surface area contributed by atoms with E-state index in [-0.39, 0.29) is 22.8 Å². The Labute approximate surface area is 122 Å². The number of rotatable bonds is 2. The van der Waals surface area contributed by atoms with Gasteiger partial charge in [0.15, 0.2) is 0 Å². The lowest BCUT2D eigenvalue weighted by Crippen LogP contribution is -2.45. The highest BCUT2D eigenvalue weighted by Crippen LogP contribution is 2.42. The van der Waals surface area contributed by atoms with Crippen LogP contribution < -0.4 is 4.90 Å². The molecule has 106 valence electrons. The standard InChI is InChI=1S/C15H17NO3S/c1-9-14(17)16(11-4-2-3-5-11)12-8-10(15(18)19)6-7-13(12)20-9/h6-9,11H,2-5H2,1H3,(H,18,19). The summed E-state index contributed by atoms with van der Waals surface area (Å²) in [7, 11) is 0. The highest BCUT2D eigenvalue weighted by Gasteiger charge is 2.36. The summed E-state index contributed by atoms with van der Waals surface area (Å²) in [6, 6.07) is 5.32. The molecule has 0 spiro atoms. The van der Waals surface area contributed by atoms with Crippen LogP contribution in [0.2, 0.25) is 0 Å². The van der Waals surface area contributed by atoms with Gasteiger partial charge in [-0.15, -0.1) is 11.8 Å². The maximum Gasteiger partial charge on any atom is 0.335 e. The lowest BCUT2D eigenvalue weighted by Gasteiger charge is -2.36. The van der Waals surface area contributed by atoms with Crippen LogP contribution in [0, 0.1) is 0 Å². The number of hydrogen-bond donors (Lipinski definition) is 1. The van der Waals surface area contributed by atoms with Crippen molar-refractivity contribution in [1.82, 2.24) is 0 Å². The molecule has 1 heterocycles. The molecule has 0 aromatic heterocycles. The molecule has 1 N–H and O–H groups in total. The van der Waals surface area contributed by atoms with Crippen LogP contribution in [-0.4, -0.2) is 28.3 Å². The monoisotopic (exact) mass is 291 g/mol. The van der Waals surface area contributed by atoms with Crippen LogP contribution >= 0.6 is 11.8 Å². The van der Waals surface area contributed by atoms with E-state index in [4.69, 9.17) is 5.11 Å². The first-order chi connectivity index (χ1) is 9.58. The third kappa shape index (κ3) is 2.20. The molecular formula is C15H17NO3S. The first kappa shape index (κ1) is 13.5. The van der Waals surface area contributed by atoms with Gasteiger partial charge in [-0.1, -0.05) is 12.8 Å². The number of carboxylic acids is 1. The van der Waals surface area contributed by atoms with Gasteiger partial charge in [0.1, 0.15) is 0 Å². The smallest absolute Gasteiger partial charge is 0.335 e. The van der Waals surface area contributed by atoms with Crippen molar-refractivity contribution >= 4 is 29.3 Å². The van der Waals surface area contributed by atoms with Gasteiger partial charge >= 0.3 is 5.97 Å². The lowest BCUT2D eigenvalue weighted by molar-refractivity contribution is -0.118. The summed E-state index contributed by atoms with van der Waals surface area (Å²) in [4.78, 5) is 26.5. The number of hydrogen-bond acceptors (Lipinski definition) is 3. The molecule has 0 radical (unpaired) electrons. The minimum Gasteiger partial charge on any atom is -0.478 e. The normalized spacial score (nSPS) is 22.9. The topological polar surface area (TPSA) is 57.6 Å². The number of aromatic carboxylic acids is 1. The Morgan fingerprint density at radius 1 is 1.35 bits per heavy atom. The number of carbonyl (C=O) groups is 2. The van der Waals surface area contributed by atoms with E-state index < -0.39 is 5.97 Å². The quantitative estimate of drug-likeness (QED) is 0.909. The fraction of sp³-hybridized carbons (Fsp3) is 0.467. The third-order valence-corrected chi connectivity index (χ3v) is 5.20. The van der Waals surface area contributed by atoms with Gasteiger partial charge in [0.2, 0.25) is 5.91 Å². The minimum atomic E-state index is -0.949. The van der Waals surface area contributed by atoms with Crippen molar-refractivity contribution in [2.75, 3.05) is 4.90 Å². The number of anilines is 1. The second kappa shape index (κ2) is 5.13. The molecule has 1 aliphatic heterocycles. The molecule has 1 fully saturated rings. The third-order valence-electron chi connectivity index (χ3n) is 4.04. The summed E-state index contributed by atoms with van der Waals surface area (Å²) in [5, 5.41) is 9.05. The number of amides is 1. The van der Waals surface area contributed by atoms with Gasteiger partial charge in [0, 0.05) is 10.9 Å². The SMILES string of the molecule is CC1Sc2ccc(C(=O)O)cc2N(C2CCCC2)C1=O. The lowest BCUT2D eigenvalue weighted by atomic mass is 10.1. The van der Waals surface area contributed by atoms with Gasteiger partial charge in [0.25, 0.3) is 0 Å². The van der Waals surface area contributed by atoms with Crippen LogP contribution in [0.1, 0.15) is 43.0 Å². The summed E-state index contributed by atoms with van der Waals surface area (Å²) in [6.07, 6.45) is 4.31. The molecule has 1 saturated carbocycles. The average Bonchev–Trinajstić information content (AvgIpc) is 2.93. The van der Waals surface area contributed by atoms with Crippen molar-refractivity contribution in [3.05, 3.63) is 23.8 Å². The van der Waals surface area contributed by atoms with Crippen molar-refractivity contribution in [3.8, 4) is 0 Å². The van der Waals surface area contributed by atoms with Crippen LogP contribution in [0.3, 0.4) is 0 Å². The zero-order chi connectivity index (χ0) is 14.3. The van der Waals surface area contributed by atoms with E-state index in [1.165, 1.54) is 11.8 Å². The fourth-order valence-corrected chi connectivity index (χ4v) is 4.05. The van der Waals surface area contributed by atoms with E-state index in [1.807, 2.05) is 17.9 Å². The Bertz CT molecular complexity index is 566. The van der Waals surface area contributed by atoms with E-state index in [1.54, 1.807) is 12.1 Å². The summed E-state index contributed by atoms with van der Waals surface area (Å²) < 4.78 is 0. The van der Waals surface area contributed by atoms with Gasteiger partial charge in [0.05, 0.1) is 16.5 Å². The Morgan fingerprint density at radius 2 is 2.05 bits per heavy atom. The van der Waals surface area contributed by atoms with E-state index in [9.17, 15) is 9.59 Å². The molecule has 0 bridgehead atoms. The van der Waals surface area contributed by atoms with Gasteiger partial charge in [-0.2, -0.15) is 0 Å². The highest BCUT2D eigenvalue weighted by molar-refractivity contribution is 8.01. The van der Waals surface area contributed by atoms with Crippen molar-refractivity contribution in [1.29, 1.82) is 0 Å².